The molecular formula is C24H27FN4O3. The number of nitrogens with one attached hydrogen (secondary N) is 1. The number of halogens is 1. The van der Waals surface area contributed by atoms with Gasteiger partial charge < -0.3 is 14.6 Å². The number of aromatic nitrogens is 2. The van der Waals surface area contributed by atoms with Gasteiger partial charge in [-0.3, -0.25) is 14.3 Å². The molecule has 1 aliphatic rings. The molecule has 1 aromatic carbocycles. The molecular weight excluding hydrogens is 411 g/mol. The van der Waals surface area contributed by atoms with Crippen molar-refractivity contribution in [3.8, 4) is 11.1 Å². The number of rotatable bonds is 5. The lowest BCUT2D eigenvalue weighted by atomic mass is 10.00. The van der Waals surface area contributed by atoms with Crippen LogP contribution in [0.1, 0.15) is 51.6 Å². The summed E-state index contributed by atoms with van der Waals surface area (Å²) in [4.78, 5) is 27.8. The number of hydrogen-bond acceptors (Lipinski definition) is 4. The Hall–Kier alpha value is -3.42. The van der Waals surface area contributed by atoms with Crippen molar-refractivity contribution >= 4 is 11.8 Å². The molecule has 7 nitrogen and oxygen atoms in total. The molecule has 1 unspecified atom stereocenters. The fraction of sp³-hybridized carbons (Fsp3) is 0.375. The monoisotopic (exact) mass is 438 g/mol. The molecule has 0 radical (unpaired) electrons. The van der Waals surface area contributed by atoms with E-state index in [1.54, 1.807) is 41.0 Å². The van der Waals surface area contributed by atoms with E-state index in [9.17, 15) is 14.0 Å². The zero-order valence-corrected chi connectivity index (χ0v) is 18.5. The van der Waals surface area contributed by atoms with Gasteiger partial charge in [0, 0.05) is 37.9 Å². The molecule has 168 valence electrons. The third-order valence-corrected chi connectivity index (χ3v) is 5.96. The Morgan fingerprint density at radius 1 is 1.22 bits per heavy atom. The van der Waals surface area contributed by atoms with E-state index in [4.69, 9.17) is 4.42 Å². The Morgan fingerprint density at radius 3 is 2.66 bits per heavy atom. The zero-order valence-electron chi connectivity index (χ0n) is 18.5. The van der Waals surface area contributed by atoms with Gasteiger partial charge in [0.2, 0.25) is 0 Å². The minimum Gasteiger partial charge on any atom is -0.456 e. The molecule has 3 heterocycles. The first-order chi connectivity index (χ1) is 15.3. The van der Waals surface area contributed by atoms with E-state index >= 15 is 0 Å². The number of amides is 2. The van der Waals surface area contributed by atoms with E-state index in [0.29, 0.717) is 30.1 Å². The van der Waals surface area contributed by atoms with Crippen LogP contribution in [0.4, 0.5) is 4.39 Å². The molecule has 1 saturated heterocycles. The average Bonchev–Trinajstić information content (AvgIpc) is 3.34. The summed E-state index contributed by atoms with van der Waals surface area (Å²) < 4.78 is 20.5. The van der Waals surface area contributed by atoms with E-state index in [-0.39, 0.29) is 29.4 Å². The predicted molar refractivity (Wildman–Crippen MR) is 118 cm³/mol. The van der Waals surface area contributed by atoms with E-state index in [1.807, 2.05) is 13.8 Å². The lowest BCUT2D eigenvalue weighted by Gasteiger charge is -2.35. The number of carbonyl (C=O) groups is 2. The summed E-state index contributed by atoms with van der Waals surface area (Å²) in [5, 5.41) is 7.31. The highest BCUT2D eigenvalue weighted by Crippen LogP contribution is 2.27. The smallest absolute Gasteiger partial charge is 0.287 e. The molecule has 8 heteroatoms. The summed E-state index contributed by atoms with van der Waals surface area (Å²) in [5.41, 5.74) is 2.64. The highest BCUT2D eigenvalue weighted by atomic mass is 19.1. The van der Waals surface area contributed by atoms with E-state index < -0.39 is 0 Å². The van der Waals surface area contributed by atoms with Crippen LogP contribution in [-0.4, -0.2) is 45.6 Å². The van der Waals surface area contributed by atoms with Crippen molar-refractivity contribution in [1.82, 2.24) is 20.0 Å². The van der Waals surface area contributed by atoms with Crippen molar-refractivity contribution in [2.75, 3.05) is 13.1 Å². The number of hydrogen-bond donors (Lipinski definition) is 1. The van der Waals surface area contributed by atoms with Gasteiger partial charge in [-0.25, -0.2) is 4.39 Å². The molecule has 2 aromatic heterocycles. The predicted octanol–water partition coefficient (Wildman–Crippen LogP) is 3.86. The van der Waals surface area contributed by atoms with Crippen LogP contribution in [0.15, 0.2) is 40.9 Å². The Kier molecular flexibility index (Phi) is 6.12. The number of likely N-dealkylation sites (tertiary alicyclic amines) is 1. The maximum atomic E-state index is 13.5. The number of carbonyl (C=O) groups excluding carboxylic acids is 2. The Morgan fingerprint density at radius 2 is 1.97 bits per heavy atom. The SMILES string of the molecule is Cc1cc(C(=O)NCC2CCCCN2C(=O)c2nn(C)cc2-c2ccc(F)cc2)oc1C. The van der Waals surface area contributed by atoms with Crippen LogP contribution in [0.2, 0.25) is 0 Å². The van der Waals surface area contributed by atoms with Gasteiger partial charge in [-0.1, -0.05) is 12.1 Å². The standard InChI is InChI=1S/C24H27FN4O3/c1-15-12-21(32-16(15)2)23(30)26-13-19-6-4-5-11-29(19)24(31)22-20(14-28(3)27-22)17-7-9-18(25)10-8-17/h7-10,12,14,19H,4-6,11,13H2,1-3H3,(H,26,30). The van der Waals surface area contributed by atoms with Crippen molar-refractivity contribution in [3.05, 3.63) is 65.1 Å². The molecule has 4 rings (SSSR count). The van der Waals surface area contributed by atoms with Gasteiger partial charge >= 0.3 is 0 Å². The van der Waals surface area contributed by atoms with Crippen molar-refractivity contribution < 1.29 is 18.4 Å². The second-order valence-corrected chi connectivity index (χ2v) is 8.28. The van der Waals surface area contributed by atoms with Crippen molar-refractivity contribution in [2.45, 2.75) is 39.2 Å². The van der Waals surface area contributed by atoms with Gasteiger partial charge in [0.05, 0.1) is 0 Å². The lowest BCUT2D eigenvalue weighted by Crippen LogP contribution is -2.49. The van der Waals surface area contributed by atoms with Gasteiger partial charge in [-0.05, 0) is 62.4 Å². The normalized spacial score (nSPS) is 16.2. The molecule has 3 aromatic rings. The highest BCUT2D eigenvalue weighted by Gasteiger charge is 2.31. The zero-order chi connectivity index (χ0) is 22.8. The Balaban J connectivity index is 1.52. The van der Waals surface area contributed by atoms with Crippen LogP contribution in [0.5, 0.6) is 0 Å². The molecule has 1 aliphatic heterocycles. The second kappa shape index (κ2) is 8.98. The lowest BCUT2D eigenvalue weighted by molar-refractivity contribution is 0.0595. The molecule has 32 heavy (non-hydrogen) atoms. The van der Waals surface area contributed by atoms with Crippen LogP contribution >= 0.6 is 0 Å². The minimum absolute atomic E-state index is 0.138. The van der Waals surface area contributed by atoms with Crippen LogP contribution in [0.3, 0.4) is 0 Å². The minimum atomic E-state index is -0.334. The van der Waals surface area contributed by atoms with Crippen LogP contribution in [0, 0.1) is 19.7 Å². The highest BCUT2D eigenvalue weighted by molar-refractivity contribution is 5.99. The van der Waals surface area contributed by atoms with Gasteiger partial charge in [0.1, 0.15) is 11.6 Å². The second-order valence-electron chi connectivity index (χ2n) is 8.28. The van der Waals surface area contributed by atoms with Gasteiger partial charge in [-0.2, -0.15) is 5.10 Å². The van der Waals surface area contributed by atoms with E-state index in [0.717, 1.165) is 30.4 Å². The Labute approximate surface area is 186 Å². The summed E-state index contributed by atoms with van der Waals surface area (Å²) >= 11 is 0. The van der Waals surface area contributed by atoms with Gasteiger partial charge in [0.25, 0.3) is 11.8 Å². The maximum absolute atomic E-state index is 13.5. The molecule has 1 atom stereocenters. The molecule has 2 amide bonds. The fourth-order valence-electron chi connectivity index (χ4n) is 4.09. The van der Waals surface area contributed by atoms with Crippen LogP contribution in [-0.2, 0) is 7.05 Å². The molecule has 0 aliphatic carbocycles. The molecule has 1 N–H and O–H groups in total. The number of benzene rings is 1. The summed E-state index contributed by atoms with van der Waals surface area (Å²) in [6.45, 7) is 4.64. The molecule has 0 spiro atoms. The van der Waals surface area contributed by atoms with Crippen LogP contribution in [0.25, 0.3) is 11.1 Å². The van der Waals surface area contributed by atoms with Gasteiger partial charge in [0.15, 0.2) is 11.5 Å². The molecule has 0 saturated carbocycles. The van der Waals surface area contributed by atoms with E-state index in [1.165, 1.54) is 12.1 Å². The maximum Gasteiger partial charge on any atom is 0.287 e. The van der Waals surface area contributed by atoms with Crippen LogP contribution < -0.4 is 5.32 Å². The quantitative estimate of drug-likeness (QED) is 0.656. The topological polar surface area (TPSA) is 80.4 Å². The van der Waals surface area contributed by atoms with Crippen molar-refractivity contribution in [2.24, 2.45) is 7.05 Å². The largest absolute Gasteiger partial charge is 0.456 e. The van der Waals surface area contributed by atoms with Crippen molar-refractivity contribution in [3.63, 3.8) is 0 Å². The first-order valence-electron chi connectivity index (χ1n) is 10.8. The molecule has 1 fully saturated rings. The summed E-state index contributed by atoms with van der Waals surface area (Å²) in [6, 6.07) is 7.61. The number of nitrogens with zero attached hydrogens (tertiary/aromatic N) is 3. The van der Waals surface area contributed by atoms with Gasteiger partial charge in [-0.15, -0.1) is 0 Å². The van der Waals surface area contributed by atoms with E-state index in [2.05, 4.69) is 10.4 Å². The first-order valence-corrected chi connectivity index (χ1v) is 10.8. The first kappa shape index (κ1) is 21.8. The Bertz CT molecular complexity index is 1110. The summed E-state index contributed by atoms with van der Waals surface area (Å²) in [5.74, 6) is 0.182. The summed E-state index contributed by atoms with van der Waals surface area (Å²) in [6.07, 6.45) is 4.44. The fourth-order valence-corrected chi connectivity index (χ4v) is 4.09. The molecule has 0 bridgehead atoms. The van der Waals surface area contributed by atoms with Crippen molar-refractivity contribution in [1.29, 1.82) is 0 Å². The number of furan rings is 1. The number of piperidine rings is 1. The summed E-state index contributed by atoms with van der Waals surface area (Å²) in [7, 11) is 1.76. The number of aryl methyl sites for hydroxylation is 3. The third kappa shape index (κ3) is 4.44. The third-order valence-electron chi connectivity index (χ3n) is 5.96. The average molecular weight is 439 g/mol.